The van der Waals surface area contributed by atoms with Gasteiger partial charge in [-0.3, -0.25) is 4.79 Å². The van der Waals surface area contributed by atoms with Crippen LogP contribution >= 0.6 is 11.8 Å². The summed E-state index contributed by atoms with van der Waals surface area (Å²) >= 11 is 1.86. The Morgan fingerprint density at radius 3 is 2.95 bits per heavy atom. The van der Waals surface area contributed by atoms with Crippen molar-refractivity contribution in [2.24, 2.45) is 0 Å². The van der Waals surface area contributed by atoms with Crippen molar-refractivity contribution < 1.29 is 4.79 Å². The Balaban J connectivity index is 1.76. The van der Waals surface area contributed by atoms with Crippen LogP contribution in [0.1, 0.15) is 24.0 Å². The predicted molar refractivity (Wildman–Crippen MR) is 81.4 cm³/mol. The fraction of sp³-hybridized carbons (Fsp3) is 0.533. The number of thioether (sulfide) groups is 1. The number of fused-ring (bicyclic) bond motifs is 1. The van der Waals surface area contributed by atoms with Crippen molar-refractivity contribution in [3.63, 3.8) is 0 Å². The summed E-state index contributed by atoms with van der Waals surface area (Å²) in [7, 11) is 0. The molecule has 0 unspecified atom stereocenters. The number of carbonyl (C=O) groups is 1. The quantitative estimate of drug-likeness (QED) is 0.782. The molecule has 1 amide bonds. The van der Waals surface area contributed by atoms with Gasteiger partial charge in [0.15, 0.2) is 0 Å². The molecule has 1 aliphatic rings. The molecule has 0 bridgehead atoms. The van der Waals surface area contributed by atoms with Gasteiger partial charge in [-0.2, -0.15) is 11.8 Å². The van der Waals surface area contributed by atoms with Gasteiger partial charge in [0.25, 0.3) is 0 Å². The SMILES string of the molecule is CSCCCCNC(=O)[C@H]1Cc2ccccc2CN1. The van der Waals surface area contributed by atoms with Gasteiger partial charge in [0.2, 0.25) is 5.91 Å². The lowest BCUT2D eigenvalue weighted by molar-refractivity contribution is -0.123. The molecule has 19 heavy (non-hydrogen) atoms. The lowest BCUT2D eigenvalue weighted by Gasteiger charge is -2.25. The molecule has 1 atom stereocenters. The second kappa shape index (κ2) is 7.56. The molecule has 1 aliphatic heterocycles. The van der Waals surface area contributed by atoms with E-state index in [1.807, 2.05) is 23.9 Å². The average molecular weight is 278 g/mol. The van der Waals surface area contributed by atoms with Crippen LogP contribution < -0.4 is 10.6 Å². The molecule has 1 aromatic rings. The van der Waals surface area contributed by atoms with Crippen molar-refractivity contribution >= 4 is 17.7 Å². The Hall–Kier alpha value is -1.00. The molecule has 4 heteroatoms. The van der Waals surface area contributed by atoms with Crippen molar-refractivity contribution in [3.8, 4) is 0 Å². The van der Waals surface area contributed by atoms with E-state index in [1.54, 1.807) is 0 Å². The predicted octanol–water partition coefficient (Wildman–Crippen LogP) is 1.96. The Morgan fingerprint density at radius 2 is 2.16 bits per heavy atom. The molecular weight excluding hydrogens is 256 g/mol. The van der Waals surface area contributed by atoms with E-state index in [4.69, 9.17) is 0 Å². The van der Waals surface area contributed by atoms with Crippen molar-refractivity contribution in [1.82, 2.24) is 10.6 Å². The van der Waals surface area contributed by atoms with Gasteiger partial charge in [0, 0.05) is 13.1 Å². The Morgan fingerprint density at radius 1 is 1.37 bits per heavy atom. The molecule has 0 aromatic heterocycles. The van der Waals surface area contributed by atoms with Gasteiger partial charge < -0.3 is 10.6 Å². The van der Waals surface area contributed by atoms with E-state index in [0.29, 0.717) is 0 Å². The van der Waals surface area contributed by atoms with Gasteiger partial charge >= 0.3 is 0 Å². The highest BCUT2D eigenvalue weighted by Crippen LogP contribution is 2.16. The number of amides is 1. The fourth-order valence-corrected chi connectivity index (χ4v) is 2.84. The second-order valence-corrected chi connectivity index (χ2v) is 5.88. The van der Waals surface area contributed by atoms with Crippen LogP contribution in [0.5, 0.6) is 0 Å². The van der Waals surface area contributed by atoms with E-state index in [1.165, 1.54) is 23.3 Å². The van der Waals surface area contributed by atoms with E-state index in [2.05, 4.69) is 29.0 Å². The normalized spacial score (nSPS) is 17.8. The van der Waals surface area contributed by atoms with Gasteiger partial charge in [-0.15, -0.1) is 0 Å². The molecule has 0 radical (unpaired) electrons. The minimum atomic E-state index is -0.0737. The van der Waals surface area contributed by atoms with E-state index >= 15 is 0 Å². The van der Waals surface area contributed by atoms with E-state index in [-0.39, 0.29) is 11.9 Å². The number of carbonyl (C=O) groups excluding carboxylic acids is 1. The molecule has 1 aromatic carbocycles. The lowest BCUT2D eigenvalue weighted by Crippen LogP contribution is -2.47. The molecule has 0 spiro atoms. The summed E-state index contributed by atoms with van der Waals surface area (Å²) in [6, 6.07) is 8.26. The highest BCUT2D eigenvalue weighted by molar-refractivity contribution is 7.98. The summed E-state index contributed by atoms with van der Waals surface area (Å²) in [5.41, 5.74) is 2.61. The number of benzene rings is 1. The highest BCUT2D eigenvalue weighted by Gasteiger charge is 2.23. The minimum Gasteiger partial charge on any atom is -0.355 e. The lowest BCUT2D eigenvalue weighted by atomic mass is 9.95. The Bertz CT molecular complexity index is 422. The van der Waals surface area contributed by atoms with Crippen molar-refractivity contribution in [2.45, 2.75) is 31.8 Å². The molecule has 0 fully saturated rings. The molecule has 0 aliphatic carbocycles. The Kier molecular flexibility index (Phi) is 5.73. The van der Waals surface area contributed by atoms with Crippen LogP contribution in [0.25, 0.3) is 0 Å². The first-order valence-electron chi connectivity index (χ1n) is 6.88. The number of rotatable bonds is 6. The second-order valence-electron chi connectivity index (χ2n) is 4.90. The average Bonchev–Trinajstić information content (AvgIpc) is 2.46. The summed E-state index contributed by atoms with van der Waals surface area (Å²) in [6.07, 6.45) is 5.15. The van der Waals surface area contributed by atoms with Crippen LogP contribution in [0.3, 0.4) is 0 Å². The van der Waals surface area contributed by atoms with Crippen molar-refractivity contribution in [1.29, 1.82) is 0 Å². The maximum Gasteiger partial charge on any atom is 0.237 e. The Labute approximate surface area is 119 Å². The largest absolute Gasteiger partial charge is 0.355 e. The smallest absolute Gasteiger partial charge is 0.237 e. The number of nitrogens with one attached hydrogen (secondary N) is 2. The summed E-state index contributed by atoms with van der Waals surface area (Å²) in [5.74, 6) is 1.31. The maximum atomic E-state index is 12.1. The molecule has 3 nitrogen and oxygen atoms in total. The van der Waals surface area contributed by atoms with Crippen LogP contribution in [0.15, 0.2) is 24.3 Å². The molecule has 2 N–H and O–H groups in total. The van der Waals surface area contributed by atoms with E-state index in [0.717, 1.165) is 25.9 Å². The first-order valence-corrected chi connectivity index (χ1v) is 8.27. The van der Waals surface area contributed by atoms with E-state index in [9.17, 15) is 4.79 Å². The van der Waals surface area contributed by atoms with Gasteiger partial charge in [0.1, 0.15) is 0 Å². The number of unbranched alkanes of at least 4 members (excludes halogenated alkanes) is 1. The van der Waals surface area contributed by atoms with Gasteiger partial charge in [0.05, 0.1) is 6.04 Å². The zero-order valence-electron chi connectivity index (χ0n) is 11.4. The number of hydrogen-bond donors (Lipinski definition) is 2. The highest BCUT2D eigenvalue weighted by atomic mass is 32.2. The third-order valence-electron chi connectivity index (χ3n) is 3.47. The first-order chi connectivity index (χ1) is 9.31. The summed E-state index contributed by atoms with van der Waals surface area (Å²) in [5, 5.41) is 6.34. The van der Waals surface area contributed by atoms with E-state index < -0.39 is 0 Å². The van der Waals surface area contributed by atoms with Crippen molar-refractivity contribution in [2.75, 3.05) is 18.6 Å². The zero-order valence-corrected chi connectivity index (χ0v) is 12.3. The first kappa shape index (κ1) is 14.4. The van der Waals surface area contributed by atoms with Crippen LogP contribution in [0.2, 0.25) is 0 Å². The molecular formula is C15H22N2OS. The van der Waals surface area contributed by atoms with Crippen LogP contribution in [-0.4, -0.2) is 30.5 Å². The standard InChI is InChI=1S/C15H22N2OS/c1-19-9-5-4-8-16-15(18)14-10-12-6-2-3-7-13(12)11-17-14/h2-3,6-7,14,17H,4-5,8-11H2,1H3,(H,16,18)/t14-/m1/s1. The molecule has 2 rings (SSSR count). The maximum absolute atomic E-state index is 12.1. The molecule has 1 heterocycles. The third kappa shape index (κ3) is 4.25. The number of hydrogen-bond acceptors (Lipinski definition) is 3. The van der Waals surface area contributed by atoms with Gasteiger partial charge in [-0.25, -0.2) is 0 Å². The zero-order chi connectivity index (χ0) is 13.5. The topological polar surface area (TPSA) is 41.1 Å². The van der Waals surface area contributed by atoms with Crippen LogP contribution in [0.4, 0.5) is 0 Å². The third-order valence-corrected chi connectivity index (χ3v) is 4.17. The summed E-state index contributed by atoms with van der Waals surface area (Å²) in [6.45, 7) is 1.58. The minimum absolute atomic E-state index is 0.0737. The molecule has 104 valence electrons. The monoisotopic (exact) mass is 278 g/mol. The van der Waals surface area contributed by atoms with Gasteiger partial charge in [-0.05, 0) is 42.4 Å². The van der Waals surface area contributed by atoms with Crippen LogP contribution in [0, 0.1) is 0 Å². The van der Waals surface area contributed by atoms with Gasteiger partial charge in [-0.1, -0.05) is 24.3 Å². The van der Waals surface area contributed by atoms with Crippen molar-refractivity contribution in [3.05, 3.63) is 35.4 Å². The molecule has 0 saturated carbocycles. The fourth-order valence-electron chi connectivity index (χ4n) is 2.35. The summed E-state index contributed by atoms with van der Waals surface area (Å²) in [4.78, 5) is 12.1. The molecule has 0 saturated heterocycles. The van der Waals surface area contributed by atoms with Crippen LogP contribution in [-0.2, 0) is 17.8 Å². The summed E-state index contributed by atoms with van der Waals surface area (Å²) < 4.78 is 0.